The summed E-state index contributed by atoms with van der Waals surface area (Å²) in [5, 5.41) is 1.13. The van der Waals surface area contributed by atoms with E-state index in [1.54, 1.807) is 6.20 Å². The van der Waals surface area contributed by atoms with Gasteiger partial charge in [-0.1, -0.05) is 15.9 Å². The van der Waals surface area contributed by atoms with Crippen LogP contribution in [0.4, 0.5) is 0 Å². The molecule has 0 unspecified atom stereocenters. The molecule has 13 heavy (non-hydrogen) atoms. The number of benzene rings is 1. The zero-order valence-electron chi connectivity index (χ0n) is 6.39. The Balaban J connectivity index is 3.00. The Morgan fingerprint density at radius 2 is 1.77 bits per heavy atom. The van der Waals surface area contributed by atoms with Crippen LogP contribution in [0.25, 0.3) is 10.9 Å². The van der Waals surface area contributed by atoms with E-state index in [1.165, 1.54) is 0 Å². The van der Waals surface area contributed by atoms with Crippen LogP contribution in [0.15, 0.2) is 33.3 Å². The molecule has 0 radical (unpaired) electrons. The fourth-order valence-electron chi connectivity index (χ4n) is 1.16. The highest BCUT2D eigenvalue weighted by Crippen LogP contribution is 2.31. The van der Waals surface area contributed by atoms with Gasteiger partial charge in [-0.05, 0) is 56.7 Å². The Hall–Kier alpha value is 0.320. The standard InChI is InChI=1S/C9H4Br2IN/c10-5-1-2-7(12)9-8(5)6(11)3-4-13-9/h1-4H. The molecular weight excluding hydrogens is 409 g/mol. The number of aromatic nitrogens is 1. The van der Waals surface area contributed by atoms with Crippen LogP contribution in [-0.2, 0) is 0 Å². The van der Waals surface area contributed by atoms with Crippen LogP contribution < -0.4 is 0 Å². The number of nitrogens with zero attached hydrogens (tertiary/aromatic N) is 1. The van der Waals surface area contributed by atoms with Crippen molar-refractivity contribution < 1.29 is 0 Å². The number of rotatable bonds is 0. The van der Waals surface area contributed by atoms with Crippen LogP contribution in [-0.4, -0.2) is 4.98 Å². The van der Waals surface area contributed by atoms with Gasteiger partial charge in [0, 0.05) is 24.1 Å². The first-order valence-corrected chi connectivity index (χ1v) is 6.25. The molecule has 1 heterocycles. The first kappa shape index (κ1) is 9.86. The van der Waals surface area contributed by atoms with E-state index in [4.69, 9.17) is 0 Å². The summed E-state index contributed by atoms with van der Waals surface area (Å²) in [6.45, 7) is 0. The van der Waals surface area contributed by atoms with Crippen LogP contribution in [0.5, 0.6) is 0 Å². The Morgan fingerprint density at radius 3 is 2.46 bits per heavy atom. The molecule has 0 spiro atoms. The fraction of sp³-hybridized carbons (Fsp3) is 0. The Kier molecular flexibility index (Phi) is 2.90. The maximum Gasteiger partial charge on any atom is 0.0858 e. The van der Waals surface area contributed by atoms with Gasteiger partial charge in [-0.15, -0.1) is 0 Å². The molecule has 2 rings (SSSR count). The van der Waals surface area contributed by atoms with Crippen molar-refractivity contribution in [2.75, 3.05) is 0 Å². The highest BCUT2D eigenvalue weighted by atomic mass is 127. The molecule has 0 atom stereocenters. The average Bonchev–Trinajstić information content (AvgIpc) is 2.12. The number of pyridine rings is 1. The third-order valence-electron chi connectivity index (χ3n) is 1.74. The minimum Gasteiger partial charge on any atom is -0.255 e. The molecule has 4 heteroatoms. The lowest BCUT2D eigenvalue weighted by Crippen LogP contribution is -1.84. The predicted molar refractivity (Wildman–Crippen MR) is 69.9 cm³/mol. The first-order chi connectivity index (χ1) is 6.20. The number of hydrogen-bond acceptors (Lipinski definition) is 1. The summed E-state index contributed by atoms with van der Waals surface area (Å²) in [5.41, 5.74) is 1.03. The second kappa shape index (κ2) is 3.82. The topological polar surface area (TPSA) is 12.9 Å². The minimum absolute atomic E-state index is 1.03. The summed E-state index contributed by atoms with van der Waals surface area (Å²) in [6.07, 6.45) is 1.81. The van der Waals surface area contributed by atoms with E-state index in [1.807, 2.05) is 18.2 Å². The summed E-state index contributed by atoms with van der Waals surface area (Å²) in [4.78, 5) is 4.33. The summed E-state index contributed by atoms with van der Waals surface area (Å²) in [7, 11) is 0. The second-order valence-electron chi connectivity index (χ2n) is 2.55. The van der Waals surface area contributed by atoms with Gasteiger partial charge in [0.25, 0.3) is 0 Å². The van der Waals surface area contributed by atoms with E-state index in [-0.39, 0.29) is 0 Å². The average molecular weight is 413 g/mol. The van der Waals surface area contributed by atoms with Gasteiger partial charge in [-0.25, -0.2) is 0 Å². The molecule has 0 amide bonds. The summed E-state index contributed by atoms with van der Waals surface area (Å²) < 4.78 is 3.31. The highest BCUT2D eigenvalue weighted by Gasteiger charge is 2.06. The molecule has 0 aliphatic rings. The van der Waals surface area contributed by atoms with Crippen LogP contribution in [0.1, 0.15) is 0 Å². The molecule has 2 aromatic rings. The quantitative estimate of drug-likeness (QED) is 0.586. The second-order valence-corrected chi connectivity index (χ2v) is 5.42. The van der Waals surface area contributed by atoms with Gasteiger partial charge in [0.2, 0.25) is 0 Å². The third kappa shape index (κ3) is 1.76. The molecule has 0 aliphatic heterocycles. The molecular formula is C9H4Br2IN. The van der Waals surface area contributed by atoms with Gasteiger partial charge in [0.15, 0.2) is 0 Å². The van der Waals surface area contributed by atoms with Crippen molar-refractivity contribution in [1.29, 1.82) is 0 Å². The van der Waals surface area contributed by atoms with Gasteiger partial charge in [0.1, 0.15) is 0 Å². The Morgan fingerprint density at radius 1 is 1.08 bits per heavy atom. The van der Waals surface area contributed by atoms with Crippen LogP contribution >= 0.6 is 54.5 Å². The van der Waals surface area contributed by atoms with Crippen molar-refractivity contribution in [1.82, 2.24) is 4.98 Å². The molecule has 0 fully saturated rings. The van der Waals surface area contributed by atoms with Gasteiger partial charge in [-0.2, -0.15) is 0 Å². The van der Waals surface area contributed by atoms with Gasteiger partial charge in [-0.3, -0.25) is 4.98 Å². The zero-order valence-corrected chi connectivity index (χ0v) is 11.7. The summed E-state index contributed by atoms with van der Waals surface area (Å²) >= 11 is 9.30. The fourth-order valence-corrected chi connectivity index (χ4v) is 3.06. The summed E-state index contributed by atoms with van der Waals surface area (Å²) in [6, 6.07) is 6.03. The van der Waals surface area contributed by atoms with Crippen molar-refractivity contribution in [3.8, 4) is 0 Å². The van der Waals surface area contributed by atoms with Crippen molar-refractivity contribution in [3.05, 3.63) is 36.9 Å². The normalized spacial score (nSPS) is 10.7. The largest absolute Gasteiger partial charge is 0.255 e. The molecule has 0 saturated carbocycles. The van der Waals surface area contributed by atoms with Crippen molar-refractivity contribution in [2.24, 2.45) is 0 Å². The third-order valence-corrected chi connectivity index (χ3v) is 3.93. The van der Waals surface area contributed by atoms with Crippen molar-refractivity contribution in [3.63, 3.8) is 0 Å². The molecule has 0 bridgehead atoms. The smallest absolute Gasteiger partial charge is 0.0858 e. The summed E-state index contributed by atoms with van der Waals surface area (Å²) in [5.74, 6) is 0. The number of fused-ring (bicyclic) bond motifs is 1. The van der Waals surface area contributed by atoms with E-state index >= 15 is 0 Å². The number of halogens is 3. The van der Waals surface area contributed by atoms with E-state index < -0.39 is 0 Å². The van der Waals surface area contributed by atoms with Crippen molar-refractivity contribution >= 4 is 65.4 Å². The van der Waals surface area contributed by atoms with Crippen LogP contribution in [0.2, 0.25) is 0 Å². The Bertz CT molecular complexity index is 462. The first-order valence-electron chi connectivity index (χ1n) is 3.58. The minimum atomic E-state index is 1.03. The predicted octanol–water partition coefficient (Wildman–Crippen LogP) is 4.36. The lowest BCUT2D eigenvalue weighted by Gasteiger charge is -2.03. The lowest BCUT2D eigenvalue weighted by atomic mass is 10.2. The molecule has 66 valence electrons. The molecule has 0 saturated heterocycles. The maximum atomic E-state index is 4.33. The van der Waals surface area contributed by atoms with Crippen LogP contribution in [0.3, 0.4) is 0 Å². The van der Waals surface area contributed by atoms with E-state index in [9.17, 15) is 0 Å². The molecule has 0 N–H and O–H groups in total. The van der Waals surface area contributed by atoms with Gasteiger partial charge >= 0.3 is 0 Å². The van der Waals surface area contributed by atoms with E-state index in [2.05, 4.69) is 59.4 Å². The molecule has 1 aromatic carbocycles. The van der Waals surface area contributed by atoms with Gasteiger partial charge in [0.05, 0.1) is 5.52 Å². The van der Waals surface area contributed by atoms with Gasteiger partial charge < -0.3 is 0 Å². The molecule has 0 aliphatic carbocycles. The number of hydrogen-bond donors (Lipinski definition) is 0. The maximum absolute atomic E-state index is 4.33. The lowest BCUT2D eigenvalue weighted by molar-refractivity contribution is 1.38. The monoisotopic (exact) mass is 411 g/mol. The molecule has 1 nitrogen and oxygen atoms in total. The SMILES string of the molecule is Brc1ccnc2c(I)ccc(Br)c12. The van der Waals surface area contributed by atoms with E-state index in [0.717, 1.165) is 23.4 Å². The zero-order chi connectivity index (χ0) is 9.42. The van der Waals surface area contributed by atoms with Crippen LogP contribution in [0, 0.1) is 3.57 Å². The molecule has 1 aromatic heterocycles. The van der Waals surface area contributed by atoms with Crippen molar-refractivity contribution in [2.45, 2.75) is 0 Å². The van der Waals surface area contributed by atoms with E-state index in [0.29, 0.717) is 0 Å². The highest BCUT2D eigenvalue weighted by molar-refractivity contribution is 14.1. The Labute approximate surface area is 106 Å².